The van der Waals surface area contributed by atoms with Gasteiger partial charge in [-0.15, -0.1) is 0 Å². The van der Waals surface area contributed by atoms with Gasteiger partial charge in [-0.05, 0) is 30.3 Å². The Balaban J connectivity index is 2.29. The second-order valence-corrected chi connectivity index (χ2v) is 3.90. The van der Waals surface area contributed by atoms with Gasteiger partial charge in [0.15, 0.2) is 0 Å². The smallest absolute Gasteiger partial charge is 0.0991 e. The third kappa shape index (κ3) is 2.41. The third-order valence-corrected chi connectivity index (χ3v) is 2.78. The van der Waals surface area contributed by atoms with Crippen LogP contribution in [-0.2, 0) is 0 Å². The largest absolute Gasteiger partial charge is 0.387 e. The van der Waals surface area contributed by atoms with Gasteiger partial charge in [0.25, 0.3) is 0 Å². The summed E-state index contributed by atoms with van der Waals surface area (Å²) in [5, 5.41) is 11.8. The van der Waals surface area contributed by atoms with Gasteiger partial charge in [-0.3, -0.25) is 4.98 Å². The van der Waals surface area contributed by atoms with E-state index >= 15 is 0 Å². The van der Waals surface area contributed by atoms with Crippen molar-refractivity contribution >= 4 is 17.1 Å². The van der Waals surface area contributed by atoms with Gasteiger partial charge in [0, 0.05) is 19.8 Å². The normalized spacial score (nSPS) is 9.61. The molecule has 0 unspecified atom stereocenters. The molecule has 1 N–H and O–H groups in total. The van der Waals surface area contributed by atoms with Crippen LogP contribution in [0.3, 0.4) is 0 Å². The maximum Gasteiger partial charge on any atom is 0.0991 e. The zero-order chi connectivity index (χ0) is 13.0. The predicted molar refractivity (Wildman–Crippen MR) is 73.0 cm³/mol. The van der Waals surface area contributed by atoms with Gasteiger partial charge in [-0.25, -0.2) is 0 Å². The molecule has 0 spiro atoms. The second kappa shape index (κ2) is 5.19. The predicted octanol–water partition coefficient (Wildman–Crippen LogP) is 2.76. The molecule has 0 aliphatic heterocycles. The minimum absolute atomic E-state index is 0.661. The fourth-order valence-corrected chi connectivity index (χ4v) is 1.66. The van der Waals surface area contributed by atoms with Gasteiger partial charge < -0.3 is 10.2 Å². The molecule has 18 heavy (non-hydrogen) atoms. The molecule has 0 bridgehead atoms. The first-order valence-electron chi connectivity index (χ1n) is 5.61. The van der Waals surface area contributed by atoms with Crippen molar-refractivity contribution in [1.82, 2.24) is 4.98 Å². The van der Waals surface area contributed by atoms with E-state index in [1.54, 1.807) is 24.5 Å². The summed E-state index contributed by atoms with van der Waals surface area (Å²) in [4.78, 5) is 6.20. The maximum absolute atomic E-state index is 8.77. The lowest BCUT2D eigenvalue weighted by atomic mass is 10.2. The Kier molecular flexibility index (Phi) is 3.44. The number of nitrogens with zero attached hydrogens (tertiary/aromatic N) is 3. The zero-order valence-electron chi connectivity index (χ0n) is 10.4. The van der Waals surface area contributed by atoms with Gasteiger partial charge in [0.2, 0.25) is 0 Å². The van der Waals surface area contributed by atoms with Gasteiger partial charge in [0.1, 0.15) is 0 Å². The average Bonchev–Trinajstić information content (AvgIpc) is 2.46. The van der Waals surface area contributed by atoms with E-state index in [1.165, 1.54) is 0 Å². The number of pyridine rings is 1. The van der Waals surface area contributed by atoms with Crippen molar-refractivity contribution in [2.45, 2.75) is 0 Å². The summed E-state index contributed by atoms with van der Waals surface area (Å²) in [6.45, 7) is 0. The van der Waals surface area contributed by atoms with Gasteiger partial charge in [-0.2, -0.15) is 5.26 Å². The highest BCUT2D eigenvalue weighted by Gasteiger charge is 2.05. The molecule has 4 nitrogen and oxygen atoms in total. The minimum atomic E-state index is 0.661. The highest BCUT2D eigenvalue weighted by molar-refractivity contribution is 5.65. The summed E-state index contributed by atoms with van der Waals surface area (Å²) in [5.41, 5.74) is 3.64. The number of hydrogen-bond donors (Lipinski definition) is 1. The topological polar surface area (TPSA) is 52.0 Å². The van der Waals surface area contributed by atoms with E-state index in [0.29, 0.717) is 5.56 Å². The van der Waals surface area contributed by atoms with Crippen LogP contribution < -0.4 is 10.2 Å². The maximum atomic E-state index is 8.77. The Morgan fingerprint density at radius 2 is 1.89 bits per heavy atom. The van der Waals surface area contributed by atoms with Crippen molar-refractivity contribution in [2.24, 2.45) is 0 Å². The number of nitriles is 1. The monoisotopic (exact) mass is 238 g/mol. The first-order valence-corrected chi connectivity index (χ1v) is 5.61. The Morgan fingerprint density at radius 1 is 1.17 bits per heavy atom. The van der Waals surface area contributed by atoms with Crippen molar-refractivity contribution in [2.75, 3.05) is 24.3 Å². The molecular weight excluding hydrogens is 224 g/mol. The van der Waals surface area contributed by atoms with Crippen LogP contribution in [0.1, 0.15) is 5.56 Å². The summed E-state index contributed by atoms with van der Waals surface area (Å²) in [5.74, 6) is 0. The second-order valence-electron chi connectivity index (χ2n) is 3.90. The number of aromatic nitrogens is 1. The molecule has 1 heterocycles. The van der Waals surface area contributed by atoms with Crippen LogP contribution in [0.2, 0.25) is 0 Å². The third-order valence-electron chi connectivity index (χ3n) is 2.78. The van der Waals surface area contributed by atoms with Crippen LogP contribution in [0.4, 0.5) is 17.1 Å². The summed E-state index contributed by atoms with van der Waals surface area (Å²) < 4.78 is 0. The Morgan fingerprint density at radius 3 is 2.50 bits per heavy atom. The highest BCUT2D eigenvalue weighted by Crippen LogP contribution is 2.24. The number of hydrogen-bond acceptors (Lipinski definition) is 4. The van der Waals surface area contributed by atoms with E-state index < -0.39 is 0 Å². The molecular formula is C14H14N4. The van der Waals surface area contributed by atoms with Crippen LogP contribution in [-0.4, -0.2) is 19.1 Å². The van der Waals surface area contributed by atoms with Crippen LogP contribution in [0.25, 0.3) is 0 Å². The first kappa shape index (κ1) is 11.9. The summed E-state index contributed by atoms with van der Waals surface area (Å²) in [6.07, 6.45) is 3.58. The Labute approximate surface area is 107 Å². The lowest BCUT2D eigenvalue weighted by Gasteiger charge is -2.19. The quantitative estimate of drug-likeness (QED) is 0.893. The van der Waals surface area contributed by atoms with Gasteiger partial charge in [-0.1, -0.05) is 0 Å². The SMILES string of the molecule is CNc1cncc(N(C)c2ccc(C#N)cc2)c1. The van der Waals surface area contributed by atoms with Gasteiger partial charge in [0.05, 0.1) is 35.4 Å². The van der Waals surface area contributed by atoms with Crippen LogP contribution in [0, 0.1) is 11.3 Å². The first-order chi connectivity index (χ1) is 8.74. The average molecular weight is 238 g/mol. The van der Waals surface area contributed by atoms with Crippen LogP contribution in [0.15, 0.2) is 42.7 Å². The molecule has 0 saturated carbocycles. The number of anilines is 3. The summed E-state index contributed by atoms with van der Waals surface area (Å²) >= 11 is 0. The molecule has 2 aromatic rings. The van der Waals surface area contributed by atoms with E-state index in [0.717, 1.165) is 17.1 Å². The molecule has 0 radical (unpaired) electrons. The molecule has 1 aromatic heterocycles. The zero-order valence-corrected chi connectivity index (χ0v) is 10.4. The molecule has 0 aliphatic carbocycles. The van der Waals surface area contributed by atoms with Crippen molar-refractivity contribution in [1.29, 1.82) is 5.26 Å². The fourth-order valence-electron chi connectivity index (χ4n) is 1.66. The molecule has 0 amide bonds. The summed E-state index contributed by atoms with van der Waals surface area (Å²) in [7, 11) is 3.83. The van der Waals surface area contributed by atoms with E-state index in [-0.39, 0.29) is 0 Å². The van der Waals surface area contributed by atoms with Crippen LogP contribution >= 0.6 is 0 Å². The van der Waals surface area contributed by atoms with Crippen LogP contribution in [0.5, 0.6) is 0 Å². The Bertz CT molecular complexity index is 569. The molecule has 1 aromatic carbocycles. The van der Waals surface area contributed by atoms with E-state index in [9.17, 15) is 0 Å². The molecule has 0 atom stereocenters. The van der Waals surface area contributed by atoms with E-state index in [2.05, 4.69) is 16.4 Å². The molecule has 90 valence electrons. The lowest BCUT2D eigenvalue weighted by molar-refractivity contribution is 1.17. The summed E-state index contributed by atoms with van der Waals surface area (Å²) in [6, 6.07) is 11.6. The molecule has 0 aliphatic rings. The highest BCUT2D eigenvalue weighted by atomic mass is 15.1. The molecule has 4 heteroatoms. The van der Waals surface area contributed by atoms with Crippen molar-refractivity contribution in [3.63, 3.8) is 0 Å². The molecule has 0 saturated heterocycles. The van der Waals surface area contributed by atoms with Crippen molar-refractivity contribution < 1.29 is 0 Å². The van der Waals surface area contributed by atoms with E-state index in [1.807, 2.05) is 37.2 Å². The van der Waals surface area contributed by atoms with E-state index in [4.69, 9.17) is 5.26 Å². The van der Waals surface area contributed by atoms with Crippen molar-refractivity contribution in [3.8, 4) is 6.07 Å². The minimum Gasteiger partial charge on any atom is -0.387 e. The number of rotatable bonds is 3. The molecule has 2 rings (SSSR count). The number of nitrogens with one attached hydrogen (secondary N) is 1. The number of benzene rings is 1. The van der Waals surface area contributed by atoms with Gasteiger partial charge >= 0.3 is 0 Å². The fraction of sp³-hybridized carbons (Fsp3) is 0.143. The van der Waals surface area contributed by atoms with Crippen molar-refractivity contribution in [3.05, 3.63) is 48.3 Å². The Hall–Kier alpha value is -2.54. The molecule has 0 fully saturated rings. The lowest BCUT2D eigenvalue weighted by Crippen LogP contribution is -2.10. The standard InChI is InChI=1S/C14H14N4/c1-16-12-7-14(10-17-9-12)18(2)13-5-3-11(8-15)4-6-13/h3-7,9-10,16H,1-2H3.